The fourth-order valence-corrected chi connectivity index (χ4v) is 4.65. The molecule has 0 bridgehead atoms. The Hall–Kier alpha value is -2.15. The van der Waals surface area contributed by atoms with E-state index in [1.165, 1.54) is 18.4 Å². The van der Waals surface area contributed by atoms with Gasteiger partial charge in [0.15, 0.2) is 0 Å². The minimum Gasteiger partial charge on any atom is -0.341 e. The highest BCUT2D eigenvalue weighted by molar-refractivity contribution is 6.30. The average molecular weight is 373 g/mol. The Bertz CT molecular complexity index is 846. The maximum atomic E-state index is 12.6. The third-order valence-electron chi connectivity index (χ3n) is 5.80. The Balaban J connectivity index is 1.31. The van der Waals surface area contributed by atoms with Crippen molar-refractivity contribution in [1.29, 1.82) is 0 Å². The van der Waals surface area contributed by atoms with Crippen LogP contribution in [0.15, 0.2) is 18.6 Å². The molecule has 0 spiro atoms. The highest BCUT2D eigenvalue weighted by Crippen LogP contribution is 2.42. The minimum atomic E-state index is 0.0922. The van der Waals surface area contributed by atoms with Crippen LogP contribution in [0.25, 0.3) is 0 Å². The fourth-order valence-electron chi connectivity index (χ4n) is 4.50. The Morgan fingerprint density at radius 2 is 2.08 bits per heavy atom. The van der Waals surface area contributed by atoms with Crippen molar-refractivity contribution in [3.8, 4) is 0 Å². The van der Waals surface area contributed by atoms with Crippen LogP contribution >= 0.6 is 11.6 Å². The van der Waals surface area contributed by atoms with E-state index in [1.54, 1.807) is 17.1 Å². The van der Waals surface area contributed by atoms with Crippen LogP contribution in [0.2, 0.25) is 5.02 Å². The van der Waals surface area contributed by atoms with Gasteiger partial charge in [-0.1, -0.05) is 11.6 Å². The second-order valence-corrected chi connectivity index (χ2v) is 7.94. The van der Waals surface area contributed by atoms with Gasteiger partial charge in [-0.3, -0.25) is 9.48 Å². The summed E-state index contributed by atoms with van der Waals surface area (Å²) in [5, 5.41) is 4.65. The van der Waals surface area contributed by atoms with Gasteiger partial charge in [-0.15, -0.1) is 0 Å². The molecule has 0 aromatic carbocycles. The van der Waals surface area contributed by atoms with Crippen LogP contribution in [0.1, 0.15) is 30.0 Å². The van der Waals surface area contributed by atoms with E-state index in [0.29, 0.717) is 16.9 Å². The third-order valence-corrected chi connectivity index (χ3v) is 6.00. The third kappa shape index (κ3) is 2.74. The van der Waals surface area contributed by atoms with Crippen LogP contribution in [0.4, 0.5) is 5.95 Å². The van der Waals surface area contributed by atoms with E-state index >= 15 is 0 Å². The summed E-state index contributed by atoms with van der Waals surface area (Å²) in [7, 11) is 0. The molecule has 2 aliphatic heterocycles. The van der Waals surface area contributed by atoms with E-state index in [-0.39, 0.29) is 12.5 Å². The first-order chi connectivity index (χ1) is 12.7. The van der Waals surface area contributed by atoms with Crippen LogP contribution in [-0.4, -0.2) is 56.7 Å². The predicted octanol–water partition coefficient (Wildman–Crippen LogP) is 1.72. The largest absolute Gasteiger partial charge is 0.341 e. The topological polar surface area (TPSA) is 67.2 Å². The van der Waals surface area contributed by atoms with Crippen molar-refractivity contribution in [2.45, 2.75) is 31.7 Å². The lowest BCUT2D eigenvalue weighted by Crippen LogP contribution is -2.33. The van der Waals surface area contributed by atoms with Crippen molar-refractivity contribution in [1.82, 2.24) is 24.6 Å². The van der Waals surface area contributed by atoms with Crippen molar-refractivity contribution in [3.63, 3.8) is 0 Å². The van der Waals surface area contributed by atoms with Crippen LogP contribution in [0.3, 0.4) is 0 Å². The van der Waals surface area contributed by atoms with Crippen LogP contribution < -0.4 is 4.90 Å². The number of rotatable bonds is 3. The number of nitrogens with zero attached hydrogens (tertiary/aromatic N) is 6. The second kappa shape index (κ2) is 6.23. The molecule has 2 fully saturated rings. The smallest absolute Gasteiger partial charge is 0.244 e. The first kappa shape index (κ1) is 16.1. The molecule has 5 rings (SSSR count). The van der Waals surface area contributed by atoms with Gasteiger partial charge in [-0.25, -0.2) is 9.97 Å². The number of anilines is 1. The quantitative estimate of drug-likeness (QED) is 0.820. The molecule has 4 heterocycles. The number of halogens is 1. The summed E-state index contributed by atoms with van der Waals surface area (Å²) in [6.45, 7) is 3.85. The number of fused-ring (bicyclic) bond motifs is 3. The molecule has 1 aliphatic carbocycles. The Kier molecular flexibility index (Phi) is 3.85. The van der Waals surface area contributed by atoms with Gasteiger partial charge in [0.25, 0.3) is 0 Å². The van der Waals surface area contributed by atoms with Crippen molar-refractivity contribution in [3.05, 3.63) is 34.9 Å². The molecular weight excluding hydrogens is 352 g/mol. The molecular formula is C18H21ClN6O. The molecule has 0 N–H and O–H groups in total. The first-order valence-corrected chi connectivity index (χ1v) is 9.61. The molecule has 2 saturated heterocycles. The van der Waals surface area contributed by atoms with Gasteiger partial charge < -0.3 is 9.80 Å². The van der Waals surface area contributed by atoms with Crippen LogP contribution in [0.5, 0.6) is 0 Å². The molecule has 3 aliphatic rings. The maximum absolute atomic E-state index is 12.6. The molecule has 1 amide bonds. The number of carbonyl (C=O) groups is 1. The van der Waals surface area contributed by atoms with E-state index in [4.69, 9.17) is 16.6 Å². The number of hydrogen-bond donors (Lipinski definition) is 0. The van der Waals surface area contributed by atoms with Gasteiger partial charge in [0, 0.05) is 44.5 Å². The molecule has 7 nitrogen and oxygen atoms in total. The zero-order valence-electron chi connectivity index (χ0n) is 14.5. The average Bonchev–Trinajstić information content (AvgIpc) is 3.38. The summed E-state index contributed by atoms with van der Waals surface area (Å²) >= 11 is 5.88. The maximum Gasteiger partial charge on any atom is 0.244 e. The van der Waals surface area contributed by atoms with Crippen LogP contribution in [-0.2, 0) is 17.8 Å². The van der Waals surface area contributed by atoms with E-state index in [1.807, 2.05) is 11.1 Å². The zero-order chi connectivity index (χ0) is 17.7. The Morgan fingerprint density at radius 1 is 1.23 bits per heavy atom. The number of carbonyl (C=O) groups excluding carboxylic acids is 1. The van der Waals surface area contributed by atoms with Crippen molar-refractivity contribution < 1.29 is 4.79 Å². The molecule has 0 saturated carbocycles. The number of amides is 1. The predicted molar refractivity (Wildman–Crippen MR) is 97.2 cm³/mol. The van der Waals surface area contributed by atoms with Crippen molar-refractivity contribution >= 4 is 23.5 Å². The van der Waals surface area contributed by atoms with Crippen molar-refractivity contribution in [2.75, 3.05) is 31.1 Å². The standard InChI is InChI=1S/C18H21ClN6O/c19-14-7-21-25(9-14)11-16(26)24-8-13-5-12-6-20-18(23-3-1-2-4-23)22-17(12)15(13)10-24/h6-7,9,13,15H,1-5,8,10-11H2. The summed E-state index contributed by atoms with van der Waals surface area (Å²) in [5.74, 6) is 1.74. The lowest BCUT2D eigenvalue weighted by molar-refractivity contribution is -0.131. The number of aromatic nitrogens is 4. The Morgan fingerprint density at radius 3 is 2.85 bits per heavy atom. The SMILES string of the molecule is O=C(Cn1cc(Cl)cn1)N1CC2Cc3cnc(N4CCCC4)nc3C2C1. The van der Waals surface area contributed by atoms with Gasteiger partial charge in [-0.2, -0.15) is 5.10 Å². The van der Waals surface area contributed by atoms with E-state index in [2.05, 4.69) is 15.0 Å². The molecule has 2 unspecified atom stereocenters. The lowest BCUT2D eigenvalue weighted by Gasteiger charge is -2.19. The van der Waals surface area contributed by atoms with E-state index in [9.17, 15) is 4.79 Å². The zero-order valence-corrected chi connectivity index (χ0v) is 15.3. The summed E-state index contributed by atoms with van der Waals surface area (Å²) in [6, 6.07) is 0. The highest BCUT2D eigenvalue weighted by atomic mass is 35.5. The van der Waals surface area contributed by atoms with Crippen LogP contribution in [0, 0.1) is 5.92 Å². The molecule has 136 valence electrons. The molecule has 8 heteroatoms. The summed E-state index contributed by atoms with van der Waals surface area (Å²) in [5.41, 5.74) is 2.42. The summed E-state index contributed by atoms with van der Waals surface area (Å²) in [6.07, 6.45) is 8.64. The molecule has 26 heavy (non-hydrogen) atoms. The monoisotopic (exact) mass is 372 g/mol. The lowest BCUT2D eigenvalue weighted by atomic mass is 9.99. The van der Waals surface area contributed by atoms with Gasteiger partial charge in [0.2, 0.25) is 11.9 Å². The highest BCUT2D eigenvalue weighted by Gasteiger charge is 2.43. The number of hydrogen-bond acceptors (Lipinski definition) is 5. The molecule has 0 radical (unpaired) electrons. The second-order valence-electron chi connectivity index (χ2n) is 7.50. The summed E-state index contributed by atoms with van der Waals surface area (Å²) in [4.78, 5) is 26.3. The molecule has 2 atom stereocenters. The van der Waals surface area contributed by atoms with Gasteiger partial charge in [-0.05, 0) is 30.7 Å². The van der Waals surface area contributed by atoms with Gasteiger partial charge >= 0.3 is 0 Å². The van der Waals surface area contributed by atoms with E-state index in [0.717, 1.165) is 44.2 Å². The molecule has 2 aromatic rings. The summed E-state index contributed by atoms with van der Waals surface area (Å²) < 4.78 is 1.60. The first-order valence-electron chi connectivity index (χ1n) is 9.24. The van der Waals surface area contributed by atoms with Gasteiger partial charge in [0.1, 0.15) is 6.54 Å². The molecule has 2 aromatic heterocycles. The van der Waals surface area contributed by atoms with Crippen molar-refractivity contribution in [2.24, 2.45) is 5.92 Å². The van der Waals surface area contributed by atoms with Gasteiger partial charge in [0.05, 0.1) is 16.9 Å². The van der Waals surface area contributed by atoms with E-state index < -0.39 is 0 Å². The fraction of sp³-hybridized carbons (Fsp3) is 0.556. The Labute approximate surface area is 157 Å². The normalized spacial score (nSPS) is 24.2. The number of likely N-dealkylation sites (tertiary alicyclic amines) is 1. The minimum absolute atomic E-state index is 0.0922.